The van der Waals surface area contributed by atoms with E-state index in [1.54, 1.807) is 20.0 Å². The second-order valence-electron chi connectivity index (χ2n) is 10.2. The number of imide groups is 1. The number of rotatable bonds is 5. The van der Waals surface area contributed by atoms with Crippen LogP contribution in [0, 0.1) is 16.7 Å². The van der Waals surface area contributed by atoms with E-state index in [4.69, 9.17) is 11.6 Å². The highest BCUT2D eigenvalue weighted by Gasteiger charge is 2.34. The molecule has 5 heterocycles. The quantitative estimate of drug-likeness (QED) is 0.327. The first kappa shape index (κ1) is 24.8. The Morgan fingerprint density at radius 1 is 1.11 bits per heavy atom. The number of aromatic nitrogens is 2. The fourth-order valence-electron chi connectivity index (χ4n) is 5.58. The summed E-state index contributed by atoms with van der Waals surface area (Å²) in [4.78, 5) is 32.0. The van der Waals surface area contributed by atoms with Crippen LogP contribution in [0.25, 0.3) is 32.2 Å². The molecule has 38 heavy (non-hydrogen) atoms. The van der Waals surface area contributed by atoms with Crippen molar-refractivity contribution in [2.45, 2.75) is 39.8 Å². The lowest BCUT2D eigenvalue weighted by molar-refractivity contribution is -0.138. The third kappa shape index (κ3) is 4.02. The standard InChI is InChI=1S/C29H26ClN5O2S/c1-17-18(2)28(37)35(27(17)36)14-21-13-24-26(38-21)22(3-7-33-24)23-12-20(30)11-19-4-10-34(25(19)23)16-29(15-31)5-8-32-9-6-29/h3-4,7,10-13,32H,5-6,8-9,14,16H2,1-2H3. The third-order valence-corrected chi connectivity index (χ3v) is 9.22. The number of amides is 2. The van der Waals surface area contributed by atoms with Gasteiger partial charge < -0.3 is 9.88 Å². The number of nitrogens with one attached hydrogen (secondary N) is 1. The van der Waals surface area contributed by atoms with Crippen molar-refractivity contribution in [3.05, 3.63) is 63.8 Å². The van der Waals surface area contributed by atoms with Gasteiger partial charge in [-0.3, -0.25) is 19.5 Å². The maximum absolute atomic E-state index is 12.6. The van der Waals surface area contributed by atoms with Crippen molar-refractivity contribution in [1.82, 2.24) is 19.8 Å². The minimum atomic E-state index is -0.420. The maximum Gasteiger partial charge on any atom is 0.257 e. The van der Waals surface area contributed by atoms with Crippen LogP contribution in [0.3, 0.4) is 0 Å². The van der Waals surface area contributed by atoms with E-state index in [9.17, 15) is 14.9 Å². The van der Waals surface area contributed by atoms with Crippen LogP contribution < -0.4 is 5.32 Å². The number of nitrogens with zero attached hydrogens (tertiary/aromatic N) is 4. The van der Waals surface area contributed by atoms with Gasteiger partial charge >= 0.3 is 0 Å². The predicted molar refractivity (Wildman–Crippen MR) is 150 cm³/mol. The molecule has 0 bridgehead atoms. The third-order valence-electron chi connectivity index (χ3n) is 7.86. The smallest absolute Gasteiger partial charge is 0.257 e. The average Bonchev–Trinajstić information content (AvgIpc) is 3.57. The first-order chi connectivity index (χ1) is 18.3. The minimum Gasteiger partial charge on any atom is -0.345 e. The van der Waals surface area contributed by atoms with Gasteiger partial charge in [-0.1, -0.05) is 11.6 Å². The van der Waals surface area contributed by atoms with E-state index in [-0.39, 0.29) is 18.4 Å². The summed E-state index contributed by atoms with van der Waals surface area (Å²) >= 11 is 8.12. The molecule has 192 valence electrons. The predicted octanol–water partition coefficient (Wildman–Crippen LogP) is 5.67. The Hall–Kier alpha value is -3.51. The number of nitriles is 1. The molecule has 1 N–H and O–H groups in total. The second-order valence-corrected chi connectivity index (χ2v) is 11.8. The van der Waals surface area contributed by atoms with Crippen molar-refractivity contribution in [2.24, 2.45) is 5.41 Å². The molecule has 2 aliphatic rings. The Kier molecular flexibility index (Phi) is 6.10. The zero-order chi connectivity index (χ0) is 26.6. The highest BCUT2D eigenvalue weighted by atomic mass is 35.5. The van der Waals surface area contributed by atoms with Crippen molar-refractivity contribution in [3.8, 4) is 17.2 Å². The summed E-state index contributed by atoms with van der Waals surface area (Å²) in [6.45, 7) is 5.89. The molecule has 2 aliphatic heterocycles. The van der Waals surface area contributed by atoms with Crippen molar-refractivity contribution in [3.63, 3.8) is 0 Å². The average molecular weight is 544 g/mol. The second kappa shape index (κ2) is 9.35. The van der Waals surface area contributed by atoms with Crippen LogP contribution in [0.15, 0.2) is 53.9 Å². The van der Waals surface area contributed by atoms with Gasteiger partial charge in [0.1, 0.15) is 0 Å². The molecule has 0 radical (unpaired) electrons. The summed E-state index contributed by atoms with van der Waals surface area (Å²) in [5.74, 6) is -0.478. The van der Waals surface area contributed by atoms with Crippen molar-refractivity contribution >= 4 is 55.9 Å². The van der Waals surface area contributed by atoms with E-state index in [0.29, 0.717) is 22.7 Å². The highest BCUT2D eigenvalue weighted by Crippen LogP contribution is 2.41. The van der Waals surface area contributed by atoms with Crippen molar-refractivity contribution < 1.29 is 9.59 Å². The summed E-state index contributed by atoms with van der Waals surface area (Å²) in [5, 5.41) is 15.1. The summed E-state index contributed by atoms with van der Waals surface area (Å²) in [5.41, 5.74) is 4.38. The number of fused-ring (bicyclic) bond motifs is 2. The summed E-state index contributed by atoms with van der Waals surface area (Å²) in [7, 11) is 0. The van der Waals surface area contributed by atoms with Crippen LogP contribution >= 0.6 is 22.9 Å². The van der Waals surface area contributed by atoms with Crippen LogP contribution in [-0.4, -0.2) is 39.4 Å². The molecule has 1 aromatic carbocycles. The topological polar surface area (TPSA) is 91.0 Å². The minimum absolute atomic E-state index is 0.215. The summed E-state index contributed by atoms with van der Waals surface area (Å²) in [6.07, 6.45) is 5.44. The number of carbonyl (C=O) groups excluding carboxylic acids is 2. The van der Waals surface area contributed by atoms with Crippen LogP contribution in [0.5, 0.6) is 0 Å². The van der Waals surface area contributed by atoms with Gasteiger partial charge in [-0.05, 0) is 70.1 Å². The van der Waals surface area contributed by atoms with E-state index in [1.807, 2.05) is 30.5 Å². The first-order valence-corrected chi connectivity index (χ1v) is 13.8. The molecule has 4 aromatic rings. The summed E-state index contributed by atoms with van der Waals surface area (Å²) in [6, 6.07) is 12.5. The molecule has 6 rings (SSSR count). The zero-order valence-electron chi connectivity index (χ0n) is 21.2. The Labute approximate surface area is 229 Å². The largest absolute Gasteiger partial charge is 0.345 e. The van der Waals surface area contributed by atoms with Crippen LogP contribution in [0.4, 0.5) is 0 Å². The molecular formula is C29H26ClN5O2S. The molecule has 3 aromatic heterocycles. The normalized spacial score (nSPS) is 17.7. The maximum atomic E-state index is 12.6. The fraction of sp³-hybridized carbons (Fsp3) is 0.310. The first-order valence-electron chi connectivity index (χ1n) is 12.6. The molecule has 0 spiro atoms. The molecule has 1 saturated heterocycles. The number of pyridine rings is 1. The number of hydrogen-bond donors (Lipinski definition) is 1. The van der Waals surface area contributed by atoms with E-state index < -0.39 is 5.41 Å². The van der Waals surface area contributed by atoms with Gasteiger partial charge in [-0.15, -0.1) is 11.3 Å². The van der Waals surface area contributed by atoms with Crippen molar-refractivity contribution in [1.29, 1.82) is 5.26 Å². The molecule has 7 nitrogen and oxygen atoms in total. The van der Waals surface area contributed by atoms with Gasteiger partial charge in [0, 0.05) is 56.5 Å². The Morgan fingerprint density at radius 3 is 2.55 bits per heavy atom. The zero-order valence-corrected chi connectivity index (χ0v) is 22.7. The van der Waals surface area contributed by atoms with Gasteiger partial charge in [0.25, 0.3) is 11.8 Å². The molecule has 0 aliphatic carbocycles. The van der Waals surface area contributed by atoms with Gasteiger partial charge in [0.15, 0.2) is 0 Å². The highest BCUT2D eigenvalue weighted by molar-refractivity contribution is 7.19. The van der Waals surface area contributed by atoms with E-state index in [2.05, 4.69) is 27.0 Å². The number of benzene rings is 1. The number of halogens is 1. The van der Waals surface area contributed by atoms with Crippen LogP contribution in [0.1, 0.15) is 31.6 Å². The lowest BCUT2D eigenvalue weighted by Crippen LogP contribution is -2.38. The lowest BCUT2D eigenvalue weighted by Gasteiger charge is -2.32. The lowest BCUT2D eigenvalue weighted by atomic mass is 9.80. The molecule has 0 unspecified atom stereocenters. The van der Waals surface area contributed by atoms with Crippen LogP contribution in [-0.2, 0) is 22.7 Å². The fourth-order valence-corrected chi connectivity index (χ4v) is 6.94. The Morgan fingerprint density at radius 2 is 1.84 bits per heavy atom. The Balaban J connectivity index is 1.44. The van der Waals surface area contributed by atoms with Gasteiger partial charge in [0.05, 0.1) is 33.8 Å². The van der Waals surface area contributed by atoms with Crippen molar-refractivity contribution in [2.75, 3.05) is 13.1 Å². The SMILES string of the molecule is CC1=C(C)C(=O)N(Cc2cc3nccc(-c4cc(Cl)cc5ccn(CC6(C#N)CCNCC6)c45)c3s2)C1=O. The number of piperidine rings is 1. The van der Waals surface area contributed by atoms with Gasteiger partial charge in [-0.2, -0.15) is 5.26 Å². The molecule has 1 fully saturated rings. The molecule has 9 heteroatoms. The monoisotopic (exact) mass is 543 g/mol. The molecule has 0 atom stereocenters. The Bertz CT molecular complexity index is 1680. The number of carbonyl (C=O) groups is 2. The van der Waals surface area contributed by atoms with E-state index in [0.717, 1.165) is 63.1 Å². The van der Waals surface area contributed by atoms with Gasteiger partial charge in [0.2, 0.25) is 0 Å². The van der Waals surface area contributed by atoms with Crippen LogP contribution in [0.2, 0.25) is 5.02 Å². The number of hydrogen-bond acceptors (Lipinski definition) is 6. The summed E-state index contributed by atoms with van der Waals surface area (Å²) < 4.78 is 3.16. The van der Waals surface area contributed by atoms with E-state index >= 15 is 0 Å². The van der Waals surface area contributed by atoms with E-state index in [1.165, 1.54) is 16.2 Å². The van der Waals surface area contributed by atoms with Gasteiger partial charge in [-0.25, -0.2) is 0 Å². The molecule has 0 saturated carbocycles. The molecule has 2 amide bonds. The molecular weight excluding hydrogens is 518 g/mol. The number of thiophene rings is 1.